The van der Waals surface area contributed by atoms with Crippen LogP contribution in [0, 0.1) is 17.1 Å². The lowest BCUT2D eigenvalue weighted by atomic mass is 10.1. The van der Waals surface area contributed by atoms with Gasteiger partial charge >= 0.3 is 0 Å². The number of halogens is 1. The smallest absolute Gasteiger partial charge is 0.155 e. The quantitative estimate of drug-likeness (QED) is 0.482. The van der Waals surface area contributed by atoms with Crippen LogP contribution in [-0.4, -0.2) is 42.6 Å². The highest BCUT2D eigenvalue weighted by Gasteiger charge is 2.21. The Kier molecular flexibility index (Phi) is 5.61. The van der Waals surface area contributed by atoms with E-state index in [-0.39, 0.29) is 17.7 Å². The minimum atomic E-state index is -0.437. The zero-order valence-electron chi connectivity index (χ0n) is 17.1. The second kappa shape index (κ2) is 8.70. The first kappa shape index (κ1) is 20.6. The van der Waals surface area contributed by atoms with Crippen molar-refractivity contribution in [2.45, 2.75) is 35.4 Å². The Morgan fingerprint density at radius 3 is 3.03 bits per heavy atom. The maximum Gasteiger partial charge on any atom is 0.155 e. The molecule has 1 fully saturated rings. The molecule has 8 nitrogen and oxygen atoms in total. The Balaban J connectivity index is 1.63. The number of fused-ring (bicyclic) bond motifs is 1. The van der Waals surface area contributed by atoms with Gasteiger partial charge in [0.15, 0.2) is 5.82 Å². The summed E-state index contributed by atoms with van der Waals surface area (Å²) in [7, 11) is 0. The SMILES string of the molecule is N#Cc1cnn2cc(-c3cn([C@H]4CCCNC4)nc3CO)cc(Sc3ncccc3F)c12. The van der Waals surface area contributed by atoms with Crippen molar-refractivity contribution in [3.63, 3.8) is 0 Å². The monoisotopic (exact) mass is 449 g/mol. The van der Waals surface area contributed by atoms with E-state index >= 15 is 0 Å². The van der Waals surface area contributed by atoms with E-state index in [2.05, 4.69) is 26.6 Å². The molecule has 0 bridgehead atoms. The lowest BCUT2D eigenvalue weighted by molar-refractivity contribution is 0.272. The van der Waals surface area contributed by atoms with Crippen LogP contribution in [-0.2, 0) is 6.61 Å². The van der Waals surface area contributed by atoms with Crippen LogP contribution in [0.25, 0.3) is 16.6 Å². The van der Waals surface area contributed by atoms with E-state index in [1.165, 1.54) is 24.5 Å². The molecule has 1 saturated heterocycles. The minimum absolute atomic E-state index is 0.208. The lowest BCUT2D eigenvalue weighted by Gasteiger charge is -2.22. The molecule has 2 N–H and O–H groups in total. The van der Waals surface area contributed by atoms with Gasteiger partial charge in [-0.15, -0.1) is 0 Å². The molecular formula is C22H20FN7OS. The van der Waals surface area contributed by atoms with Crippen LogP contribution in [0.2, 0.25) is 0 Å². The van der Waals surface area contributed by atoms with Crippen LogP contribution in [0.4, 0.5) is 4.39 Å². The van der Waals surface area contributed by atoms with E-state index in [0.29, 0.717) is 21.7 Å². The number of nitriles is 1. The average Bonchev–Trinajstić information content (AvgIpc) is 3.45. The summed E-state index contributed by atoms with van der Waals surface area (Å²) in [6.07, 6.45) is 8.84. The molecule has 4 aromatic rings. The zero-order valence-corrected chi connectivity index (χ0v) is 17.9. The van der Waals surface area contributed by atoms with E-state index < -0.39 is 5.82 Å². The van der Waals surface area contributed by atoms with Crippen LogP contribution in [0.15, 0.2) is 52.9 Å². The van der Waals surface area contributed by atoms with Crippen LogP contribution in [0.1, 0.15) is 30.1 Å². The number of nitrogens with zero attached hydrogens (tertiary/aromatic N) is 6. The molecule has 1 aliphatic heterocycles. The van der Waals surface area contributed by atoms with E-state index in [4.69, 9.17) is 0 Å². The first-order chi connectivity index (χ1) is 15.7. The second-order valence-electron chi connectivity index (χ2n) is 7.58. The molecule has 1 atom stereocenters. The molecule has 0 spiro atoms. The Bertz CT molecular complexity index is 1320. The molecule has 1 aliphatic rings. The third kappa shape index (κ3) is 3.75. The fourth-order valence-electron chi connectivity index (χ4n) is 3.97. The molecule has 32 heavy (non-hydrogen) atoms. The molecule has 0 unspecified atom stereocenters. The number of aromatic nitrogens is 5. The third-order valence-corrected chi connectivity index (χ3v) is 6.57. The number of hydrogen-bond acceptors (Lipinski definition) is 7. The molecule has 162 valence electrons. The Hall–Kier alpha value is -3.26. The van der Waals surface area contributed by atoms with Gasteiger partial charge in [0.2, 0.25) is 0 Å². The van der Waals surface area contributed by atoms with Crippen molar-refractivity contribution in [1.29, 1.82) is 5.26 Å². The summed E-state index contributed by atoms with van der Waals surface area (Å²) in [6, 6.07) is 7.12. The van der Waals surface area contributed by atoms with Crippen LogP contribution < -0.4 is 5.32 Å². The predicted octanol–water partition coefficient (Wildman–Crippen LogP) is 3.17. The summed E-state index contributed by atoms with van der Waals surface area (Å²) in [5.41, 5.74) is 3.07. The summed E-state index contributed by atoms with van der Waals surface area (Å²) >= 11 is 1.14. The Labute approximate surface area is 187 Å². The van der Waals surface area contributed by atoms with Gasteiger partial charge in [-0.25, -0.2) is 13.9 Å². The first-order valence-electron chi connectivity index (χ1n) is 10.3. The Morgan fingerprint density at radius 2 is 2.28 bits per heavy atom. The van der Waals surface area contributed by atoms with Gasteiger partial charge in [0, 0.05) is 41.2 Å². The van der Waals surface area contributed by atoms with Gasteiger partial charge in [0.25, 0.3) is 0 Å². The summed E-state index contributed by atoms with van der Waals surface area (Å²) < 4.78 is 17.8. The third-order valence-electron chi connectivity index (χ3n) is 5.54. The van der Waals surface area contributed by atoms with E-state index in [1.807, 2.05) is 16.9 Å². The number of aliphatic hydroxyl groups is 1. The minimum Gasteiger partial charge on any atom is -0.390 e. The second-order valence-corrected chi connectivity index (χ2v) is 8.61. The van der Waals surface area contributed by atoms with Gasteiger partial charge in [-0.2, -0.15) is 15.5 Å². The number of pyridine rings is 2. The topological polar surface area (TPSA) is 104 Å². The Morgan fingerprint density at radius 1 is 1.38 bits per heavy atom. The number of aliphatic hydroxyl groups excluding tert-OH is 1. The lowest BCUT2D eigenvalue weighted by Crippen LogP contribution is -2.31. The number of piperidine rings is 1. The molecule has 0 radical (unpaired) electrons. The molecular weight excluding hydrogens is 429 g/mol. The van der Waals surface area contributed by atoms with Crippen LogP contribution >= 0.6 is 11.8 Å². The normalized spacial score (nSPS) is 16.3. The molecule has 0 aromatic carbocycles. The van der Waals surface area contributed by atoms with Gasteiger partial charge < -0.3 is 10.4 Å². The number of rotatable bonds is 5. The van der Waals surface area contributed by atoms with Crippen molar-refractivity contribution in [1.82, 2.24) is 29.7 Å². The first-order valence-corrected chi connectivity index (χ1v) is 11.1. The highest BCUT2D eigenvalue weighted by Crippen LogP contribution is 2.36. The fourth-order valence-corrected chi connectivity index (χ4v) is 4.95. The van der Waals surface area contributed by atoms with Gasteiger partial charge in [-0.1, -0.05) is 11.8 Å². The fraction of sp³-hybridized carbons (Fsp3) is 0.273. The van der Waals surface area contributed by atoms with Crippen LogP contribution in [0.3, 0.4) is 0 Å². The van der Waals surface area contributed by atoms with Crippen molar-refractivity contribution in [2.24, 2.45) is 0 Å². The van der Waals surface area contributed by atoms with Gasteiger partial charge in [-0.05, 0) is 37.6 Å². The molecule has 0 saturated carbocycles. The summed E-state index contributed by atoms with van der Waals surface area (Å²) in [5.74, 6) is -0.437. The van der Waals surface area contributed by atoms with E-state index in [0.717, 1.165) is 48.8 Å². The van der Waals surface area contributed by atoms with E-state index in [9.17, 15) is 14.8 Å². The highest BCUT2D eigenvalue weighted by atomic mass is 32.2. The molecule has 5 heterocycles. The van der Waals surface area contributed by atoms with Gasteiger partial charge in [0.05, 0.1) is 35.6 Å². The summed E-state index contributed by atoms with van der Waals surface area (Å²) in [4.78, 5) is 4.78. The molecule has 5 rings (SSSR count). The molecule has 0 amide bonds. The predicted molar refractivity (Wildman–Crippen MR) is 117 cm³/mol. The van der Waals surface area contributed by atoms with Crippen LogP contribution in [0.5, 0.6) is 0 Å². The highest BCUT2D eigenvalue weighted by molar-refractivity contribution is 7.99. The van der Waals surface area contributed by atoms with Crippen molar-refractivity contribution in [2.75, 3.05) is 13.1 Å². The molecule has 4 aromatic heterocycles. The largest absolute Gasteiger partial charge is 0.390 e. The average molecular weight is 450 g/mol. The summed E-state index contributed by atoms with van der Waals surface area (Å²) in [6.45, 7) is 1.62. The zero-order chi connectivity index (χ0) is 22.1. The summed E-state index contributed by atoms with van der Waals surface area (Å²) in [5, 5.41) is 32.0. The van der Waals surface area contributed by atoms with Crippen molar-refractivity contribution in [3.05, 3.63) is 60.1 Å². The molecule has 0 aliphatic carbocycles. The maximum absolute atomic E-state index is 14.3. The van der Waals surface area contributed by atoms with Crippen molar-refractivity contribution < 1.29 is 9.50 Å². The maximum atomic E-state index is 14.3. The van der Waals surface area contributed by atoms with Gasteiger partial charge in [-0.3, -0.25) is 4.68 Å². The van der Waals surface area contributed by atoms with Crippen molar-refractivity contribution in [3.8, 4) is 17.2 Å². The number of nitrogens with one attached hydrogen (secondary N) is 1. The van der Waals surface area contributed by atoms with E-state index in [1.54, 1.807) is 10.7 Å². The van der Waals surface area contributed by atoms with Gasteiger partial charge in [0.1, 0.15) is 11.1 Å². The number of hydrogen-bond donors (Lipinski definition) is 2. The van der Waals surface area contributed by atoms with Crippen molar-refractivity contribution >= 4 is 17.3 Å². The standard InChI is InChI=1S/C22H20FN7OS/c23-18-4-2-6-26-22(18)32-20-7-14(11-30-21(20)15(8-24)9-27-30)17-12-29(28-19(17)13-31)16-3-1-5-25-10-16/h2,4,6-7,9,11-12,16,25,31H,1,3,5,10,13H2/t16-/m0/s1. The molecule has 10 heteroatoms.